The third-order valence-electron chi connectivity index (χ3n) is 3.63. The number of pyridine rings is 1. The molecule has 0 aliphatic carbocycles. The van der Waals surface area contributed by atoms with Gasteiger partial charge in [0.25, 0.3) is 0 Å². The number of para-hydroxylation sites is 1. The van der Waals surface area contributed by atoms with Crippen LogP contribution in [0, 0.1) is 6.92 Å². The maximum Gasteiger partial charge on any atom is 0.133 e. The minimum absolute atomic E-state index is 0.348. The number of rotatable bonds is 3. The van der Waals surface area contributed by atoms with Gasteiger partial charge in [-0.3, -0.25) is 0 Å². The minimum Gasteiger partial charge on any atom is -0.324 e. The van der Waals surface area contributed by atoms with Crippen molar-refractivity contribution in [3.05, 3.63) is 66.2 Å². The Morgan fingerprint density at radius 3 is 2.48 bits per heavy atom. The molecule has 3 rings (SSSR count). The number of hydrogen-bond donors (Lipinski definition) is 0. The Morgan fingerprint density at radius 1 is 0.905 bits per heavy atom. The van der Waals surface area contributed by atoms with E-state index in [-0.39, 0.29) is 0 Å². The largest absolute Gasteiger partial charge is 0.324 e. The van der Waals surface area contributed by atoms with Crippen molar-refractivity contribution in [2.75, 3.05) is 4.90 Å². The van der Waals surface area contributed by atoms with Gasteiger partial charge in [0, 0.05) is 17.1 Å². The second-order valence-corrected chi connectivity index (χ2v) is 5.66. The zero-order chi connectivity index (χ0) is 14.8. The summed E-state index contributed by atoms with van der Waals surface area (Å²) in [6.07, 6.45) is 0. The summed E-state index contributed by atoms with van der Waals surface area (Å²) in [5, 5.41) is 1.18. The van der Waals surface area contributed by atoms with Crippen molar-refractivity contribution in [2.45, 2.75) is 26.8 Å². The lowest BCUT2D eigenvalue weighted by Crippen LogP contribution is -2.26. The molecule has 0 fully saturated rings. The Bertz CT molecular complexity index is 762. The van der Waals surface area contributed by atoms with Gasteiger partial charge >= 0.3 is 0 Å². The topological polar surface area (TPSA) is 16.1 Å². The minimum atomic E-state index is 0.348. The molecule has 0 radical (unpaired) electrons. The van der Waals surface area contributed by atoms with E-state index in [9.17, 15) is 0 Å². The summed E-state index contributed by atoms with van der Waals surface area (Å²) in [5.41, 5.74) is 3.49. The van der Waals surface area contributed by atoms with Crippen LogP contribution < -0.4 is 4.90 Å². The molecule has 0 saturated carbocycles. The number of nitrogens with zero attached hydrogens (tertiary/aromatic N) is 2. The van der Waals surface area contributed by atoms with Crippen LogP contribution in [0.1, 0.15) is 19.4 Å². The van der Waals surface area contributed by atoms with Crippen LogP contribution in [0.15, 0.2) is 60.7 Å². The molecule has 3 aromatic rings. The van der Waals surface area contributed by atoms with Gasteiger partial charge < -0.3 is 4.90 Å². The highest BCUT2D eigenvalue weighted by atomic mass is 15.2. The third-order valence-corrected chi connectivity index (χ3v) is 3.63. The van der Waals surface area contributed by atoms with Crippen LogP contribution in [0.3, 0.4) is 0 Å². The molecule has 0 unspecified atom stereocenters. The van der Waals surface area contributed by atoms with Crippen LogP contribution in [0.5, 0.6) is 0 Å². The number of fused-ring (bicyclic) bond motifs is 1. The van der Waals surface area contributed by atoms with Crippen LogP contribution in [0.4, 0.5) is 11.5 Å². The molecular weight excluding hydrogens is 256 g/mol. The first-order valence-corrected chi connectivity index (χ1v) is 7.37. The van der Waals surface area contributed by atoms with Crippen molar-refractivity contribution in [3.8, 4) is 0 Å². The van der Waals surface area contributed by atoms with E-state index in [1.54, 1.807) is 0 Å². The Morgan fingerprint density at radius 2 is 1.71 bits per heavy atom. The standard InChI is InChI=1S/C19H20N2/c1-14(2)21(17-9-6-7-15(3)13-17)19-12-11-16-8-4-5-10-18(16)20-19/h4-14H,1-3H3. The van der Waals surface area contributed by atoms with Gasteiger partial charge in [-0.05, 0) is 56.7 Å². The summed E-state index contributed by atoms with van der Waals surface area (Å²) >= 11 is 0. The van der Waals surface area contributed by atoms with Crippen LogP contribution in [-0.2, 0) is 0 Å². The van der Waals surface area contributed by atoms with E-state index in [4.69, 9.17) is 4.98 Å². The summed E-state index contributed by atoms with van der Waals surface area (Å²) < 4.78 is 0. The number of anilines is 2. The van der Waals surface area contributed by atoms with Crippen LogP contribution in [0.2, 0.25) is 0 Å². The van der Waals surface area contributed by atoms with Gasteiger partial charge in [0.05, 0.1) is 5.52 Å². The molecular formula is C19H20N2. The SMILES string of the molecule is Cc1cccc(N(c2ccc3ccccc3n2)C(C)C)c1. The molecule has 0 aliphatic rings. The number of aromatic nitrogens is 1. The molecule has 106 valence electrons. The third kappa shape index (κ3) is 2.75. The molecule has 2 heteroatoms. The average molecular weight is 276 g/mol. The summed E-state index contributed by atoms with van der Waals surface area (Å²) in [7, 11) is 0. The first-order chi connectivity index (χ1) is 10.1. The van der Waals surface area contributed by atoms with E-state index in [0.717, 1.165) is 11.3 Å². The Labute approximate surface area is 126 Å². The van der Waals surface area contributed by atoms with Gasteiger partial charge in [0.2, 0.25) is 0 Å². The predicted octanol–water partition coefficient (Wildman–Crippen LogP) is 5.09. The number of aryl methyl sites for hydroxylation is 1. The van der Waals surface area contributed by atoms with E-state index < -0.39 is 0 Å². The van der Waals surface area contributed by atoms with E-state index in [1.165, 1.54) is 16.6 Å². The molecule has 0 spiro atoms. The van der Waals surface area contributed by atoms with Gasteiger partial charge in [0.1, 0.15) is 5.82 Å². The lowest BCUT2D eigenvalue weighted by Gasteiger charge is -2.28. The van der Waals surface area contributed by atoms with Gasteiger partial charge in [-0.25, -0.2) is 4.98 Å². The maximum atomic E-state index is 4.83. The summed E-state index contributed by atoms with van der Waals surface area (Å²) in [5.74, 6) is 0.995. The van der Waals surface area contributed by atoms with Gasteiger partial charge in [-0.1, -0.05) is 30.3 Å². The average Bonchev–Trinajstić information content (AvgIpc) is 2.47. The maximum absolute atomic E-state index is 4.83. The fourth-order valence-corrected chi connectivity index (χ4v) is 2.66. The lowest BCUT2D eigenvalue weighted by molar-refractivity contribution is 0.779. The highest BCUT2D eigenvalue weighted by Gasteiger charge is 2.14. The second-order valence-electron chi connectivity index (χ2n) is 5.66. The quantitative estimate of drug-likeness (QED) is 0.662. The molecule has 0 aliphatic heterocycles. The summed E-state index contributed by atoms with van der Waals surface area (Å²) in [6.45, 7) is 6.51. The monoisotopic (exact) mass is 276 g/mol. The molecule has 1 aromatic heterocycles. The Kier molecular flexibility index (Phi) is 3.61. The first kappa shape index (κ1) is 13.6. The molecule has 1 heterocycles. The number of benzene rings is 2. The molecule has 0 saturated heterocycles. The second kappa shape index (κ2) is 5.57. The zero-order valence-corrected chi connectivity index (χ0v) is 12.7. The molecule has 0 N–H and O–H groups in total. The van der Waals surface area contributed by atoms with Gasteiger partial charge in [-0.15, -0.1) is 0 Å². The van der Waals surface area contributed by atoms with Crippen molar-refractivity contribution in [1.82, 2.24) is 4.98 Å². The van der Waals surface area contributed by atoms with Gasteiger partial charge in [0.15, 0.2) is 0 Å². The van der Waals surface area contributed by atoms with Crippen molar-refractivity contribution in [2.24, 2.45) is 0 Å². The number of hydrogen-bond acceptors (Lipinski definition) is 2. The summed E-state index contributed by atoms with van der Waals surface area (Å²) in [4.78, 5) is 7.11. The Hall–Kier alpha value is -2.35. The highest BCUT2D eigenvalue weighted by Crippen LogP contribution is 2.28. The fourth-order valence-electron chi connectivity index (χ4n) is 2.66. The van der Waals surface area contributed by atoms with Crippen molar-refractivity contribution >= 4 is 22.4 Å². The van der Waals surface area contributed by atoms with E-state index in [1.807, 2.05) is 12.1 Å². The predicted molar refractivity (Wildman–Crippen MR) is 90.2 cm³/mol. The molecule has 0 bridgehead atoms. The molecule has 0 atom stereocenters. The van der Waals surface area contributed by atoms with Crippen molar-refractivity contribution < 1.29 is 0 Å². The normalized spacial score (nSPS) is 11.0. The summed E-state index contributed by atoms with van der Waals surface area (Å²) in [6, 6.07) is 21.4. The lowest BCUT2D eigenvalue weighted by atomic mass is 10.1. The smallest absolute Gasteiger partial charge is 0.133 e. The molecule has 21 heavy (non-hydrogen) atoms. The van der Waals surface area contributed by atoms with Crippen LogP contribution in [0.25, 0.3) is 10.9 Å². The van der Waals surface area contributed by atoms with Crippen molar-refractivity contribution in [3.63, 3.8) is 0 Å². The molecule has 2 aromatic carbocycles. The van der Waals surface area contributed by atoms with Crippen molar-refractivity contribution in [1.29, 1.82) is 0 Å². The van der Waals surface area contributed by atoms with Gasteiger partial charge in [-0.2, -0.15) is 0 Å². The van der Waals surface area contributed by atoms with E-state index in [2.05, 4.69) is 74.2 Å². The van der Waals surface area contributed by atoms with E-state index in [0.29, 0.717) is 6.04 Å². The Balaban J connectivity index is 2.11. The molecule has 2 nitrogen and oxygen atoms in total. The van der Waals surface area contributed by atoms with E-state index >= 15 is 0 Å². The van der Waals surface area contributed by atoms with Crippen LogP contribution in [-0.4, -0.2) is 11.0 Å². The molecule has 0 amide bonds. The fraction of sp³-hybridized carbons (Fsp3) is 0.211. The first-order valence-electron chi connectivity index (χ1n) is 7.37. The van der Waals surface area contributed by atoms with Crippen LogP contribution >= 0.6 is 0 Å². The highest BCUT2D eigenvalue weighted by molar-refractivity contribution is 5.81. The zero-order valence-electron chi connectivity index (χ0n) is 12.7.